The fourth-order valence-electron chi connectivity index (χ4n) is 3.16. The highest BCUT2D eigenvalue weighted by atomic mass is 32.2. The minimum Gasteiger partial charge on any atom is -0.480 e. The van der Waals surface area contributed by atoms with Crippen LogP contribution in [0.5, 0.6) is 5.75 Å². The summed E-state index contributed by atoms with van der Waals surface area (Å²) in [5.74, 6) is -5.71. The molecule has 10 nitrogen and oxygen atoms in total. The number of nitrogens with one attached hydrogen (secondary N) is 2. The summed E-state index contributed by atoms with van der Waals surface area (Å²) < 4.78 is 32.8. The minimum atomic E-state index is -1.36. The Morgan fingerprint density at radius 2 is 1.49 bits per heavy atom. The molecule has 2 atom stereocenters. The van der Waals surface area contributed by atoms with Gasteiger partial charge in [-0.25, -0.2) is 13.6 Å². The van der Waals surface area contributed by atoms with E-state index in [1.807, 2.05) is 0 Å². The number of benzene rings is 2. The smallest absolute Gasteiger partial charge is 0.327 e. The third kappa shape index (κ3) is 9.80. The van der Waals surface area contributed by atoms with Crippen LogP contribution in [0.2, 0.25) is 0 Å². The molecule has 208 valence electrons. The lowest BCUT2D eigenvalue weighted by Crippen LogP contribution is -2.44. The highest BCUT2D eigenvalue weighted by Gasteiger charge is 2.27. The van der Waals surface area contributed by atoms with Gasteiger partial charge in [0.2, 0.25) is 22.0 Å². The second-order valence-electron chi connectivity index (χ2n) is 8.00. The Bertz CT molecular complexity index is 1300. The highest BCUT2D eigenvalue weighted by Crippen LogP contribution is 2.31. The standard InChI is InChI=1S/C25H24F2N2O8S2/c1-12(30)28-20(23(33)34)10-39-25(36)21(29-13(2)31)11-38-24(35)18-8-15(4-7-22(18)37-14(3)32)17-6-5-16(26)9-19(17)27/h4-9,20-21H,10-11H2,1-3H3,(H,28,30)(H,29,31)(H,33,34). The van der Waals surface area contributed by atoms with Gasteiger partial charge in [0.25, 0.3) is 0 Å². The van der Waals surface area contributed by atoms with E-state index >= 15 is 0 Å². The van der Waals surface area contributed by atoms with Crippen LogP contribution in [-0.2, 0) is 24.0 Å². The fraction of sp³-hybridized carbons (Fsp3) is 0.280. The normalized spacial score (nSPS) is 12.1. The SMILES string of the molecule is CC(=O)NC(CSC(=O)C(CSC(=O)c1cc(-c2ccc(F)cc2F)ccc1OC(C)=O)NC(C)=O)C(=O)O. The van der Waals surface area contributed by atoms with E-state index in [0.717, 1.165) is 26.8 Å². The zero-order chi connectivity index (χ0) is 29.3. The van der Waals surface area contributed by atoms with Crippen LogP contribution in [0.25, 0.3) is 11.1 Å². The third-order valence-electron chi connectivity index (χ3n) is 4.81. The molecule has 0 aliphatic rings. The summed E-state index contributed by atoms with van der Waals surface area (Å²) in [6.07, 6.45) is 0. The fourth-order valence-corrected chi connectivity index (χ4v) is 5.03. The molecule has 0 saturated carbocycles. The Kier molecular flexibility index (Phi) is 11.6. The number of rotatable bonds is 11. The predicted octanol–water partition coefficient (Wildman–Crippen LogP) is 2.78. The molecule has 2 aromatic carbocycles. The lowest BCUT2D eigenvalue weighted by Gasteiger charge is -2.18. The molecule has 0 aliphatic carbocycles. The Hall–Kier alpha value is -3.78. The van der Waals surface area contributed by atoms with Crippen molar-refractivity contribution < 1.29 is 47.4 Å². The Morgan fingerprint density at radius 1 is 0.872 bits per heavy atom. The molecule has 0 bridgehead atoms. The lowest BCUT2D eigenvalue weighted by atomic mass is 10.0. The van der Waals surface area contributed by atoms with Gasteiger partial charge in [-0.2, -0.15) is 0 Å². The van der Waals surface area contributed by atoms with Gasteiger partial charge in [0, 0.05) is 43.9 Å². The van der Waals surface area contributed by atoms with Gasteiger partial charge in [0.15, 0.2) is 0 Å². The maximum Gasteiger partial charge on any atom is 0.327 e. The van der Waals surface area contributed by atoms with Crippen LogP contribution < -0.4 is 15.4 Å². The number of hydrogen-bond acceptors (Lipinski definition) is 9. The van der Waals surface area contributed by atoms with Gasteiger partial charge < -0.3 is 20.5 Å². The topological polar surface area (TPSA) is 156 Å². The summed E-state index contributed by atoms with van der Waals surface area (Å²) in [4.78, 5) is 71.6. The van der Waals surface area contributed by atoms with Gasteiger partial charge in [-0.3, -0.25) is 24.0 Å². The first-order chi connectivity index (χ1) is 18.3. The van der Waals surface area contributed by atoms with Crippen LogP contribution >= 0.6 is 23.5 Å². The first kappa shape index (κ1) is 31.4. The number of hydrogen-bond donors (Lipinski definition) is 3. The molecule has 0 spiro atoms. The summed E-state index contributed by atoms with van der Waals surface area (Å²) in [5.41, 5.74) is 0.0319. The zero-order valence-corrected chi connectivity index (χ0v) is 22.5. The van der Waals surface area contributed by atoms with E-state index in [0.29, 0.717) is 29.6 Å². The number of aliphatic carboxylic acids is 1. The van der Waals surface area contributed by atoms with Crippen molar-refractivity contribution in [2.75, 3.05) is 11.5 Å². The summed E-state index contributed by atoms with van der Waals surface area (Å²) in [6, 6.07) is 4.22. The number of esters is 1. The molecular formula is C25H24F2N2O8S2. The van der Waals surface area contributed by atoms with E-state index in [1.165, 1.54) is 24.3 Å². The molecule has 2 aromatic rings. The van der Waals surface area contributed by atoms with Crippen LogP contribution in [0.1, 0.15) is 31.1 Å². The van der Waals surface area contributed by atoms with Gasteiger partial charge >= 0.3 is 11.9 Å². The number of amides is 2. The number of carboxylic acids is 1. The van der Waals surface area contributed by atoms with Gasteiger partial charge in [-0.1, -0.05) is 29.6 Å². The summed E-state index contributed by atoms with van der Waals surface area (Å²) >= 11 is 1.14. The zero-order valence-electron chi connectivity index (χ0n) is 20.9. The molecule has 2 rings (SSSR count). The maximum absolute atomic E-state index is 14.3. The average molecular weight is 583 g/mol. The highest BCUT2D eigenvalue weighted by molar-refractivity contribution is 8.15. The van der Waals surface area contributed by atoms with Crippen molar-refractivity contribution in [1.82, 2.24) is 10.6 Å². The van der Waals surface area contributed by atoms with Crippen molar-refractivity contribution in [1.29, 1.82) is 0 Å². The van der Waals surface area contributed by atoms with Crippen LogP contribution in [0.3, 0.4) is 0 Å². The van der Waals surface area contributed by atoms with Gasteiger partial charge in [-0.05, 0) is 29.8 Å². The number of carbonyl (C=O) groups is 6. The monoisotopic (exact) mass is 582 g/mol. The lowest BCUT2D eigenvalue weighted by molar-refractivity contribution is -0.140. The van der Waals surface area contributed by atoms with Crippen LogP contribution in [0.15, 0.2) is 36.4 Å². The Labute approximate surface area is 230 Å². The van der Waals surface area contributed by atoms with Crippen molar-refractivity contribution in [2.24, 2.45) is 0 Å². The van der Waals surface area contributed by atoms with Crippen molar-refractivity contribution in [3.05, 3.63) is 53.6 Å². The molecule has 0 heterocycles. The molecule has 14 heteroatoms. The van der Waals surface area contributed by atoms with E-state index < -0.39 is 57.7 Å². The van der Waals surface area contributed by atoms with Crippen molar-refractivity contribution in [3.8, 4) is 16.9 Å². The van der Waals surface area contributed by atoms with E-state index in [9.17, 15) is 42.7 Å². The summed E-state index contributed by atoms with van der Waals surface area (Å²) in [7, 11) is 0. The summed E-state index contributed by atoms with van der Waals surface area (Å²) in [6.45, 7) is 3.38. The second-order valence-corrected chi connectivity index (χ2v) is 10.0. The third-order valence-corrected chi connectivity index (χ3v) is 6.86. The first-order valence-electron chi connectivity index (χ1n) is 11.2. The number of thioether (sulfide) groups is 2. The number of carbonyl (C=O) groups excluding carboxylic acids is 5. The maximum atomic E-state index is 14.3. The van der Waals surface area contributed by atoms with Gasteiger partial charge in [0.05, 0.1) is 5.56 Å². The molecule has 0 aromatic heterocycles. The molecule has 39 heavy (non-hydrogen) atoms. The minimum absolute atomic E-state index is 0.0142. The van der Waals surface area contributed by atoms with Crippen LogP contribution in [0.4, 0.5) is 8.78 Å². The number of ether oxygens (including phenoxy) is 1. The predicted molar refractivity (Wildman–Crippen MR) is 140 cm³/mol. The Balaban J connectivity index is 2.26. The van der Waals surface area contributed by atoms with E-state index in [-0.39, 0.29) is 33.9 Å². The Morgan fingerprint density at radius 3 is 2.05 bits per heavy atom. The quantitative estimate of drug-likeness (QED) is 0.266. The largest absolute Gasteiger partial charge is 0.480 e. The molecule has 2 amide bonds. The number of halogens is 2. The van der Waals surface area contributed by atoms with Crippen LogP contribution in [-0.4, -0.2) is 62.7 Å². The van der Waals surface area contributed by atoms with Gasteiger partial charge in [0.1, 0.15) is 29.5 Å². The van der Waals surface area contributed by atoms with Crippen LogP contribution in [0, 0.1) is 11.6 Å². The number of carboxylic acid groups (broad SMARTS) is 1. The summed E-state index contributed by atoms with van der Waals surface area (Å²) in [5, 5.41) is 12.4. The second kappa shape index (κ2) is 14.4. The van der Waals surface area contributed by atoms with E-state index in [2.05, 4.69) is 10.6 Å². The van der Waals surface area contributed by atoms with E-state index in [4.69, 9.17) is 4.74 Å². The molecule has 2 unspecified atom stereocenters. The molecule has 0 radical (unpaired) electrons. The van der Waals surface area contributed by atoms with Crippen molar-refractivity contribution >= 4 is 57.5 Å². The molecule has 0 saturated heterocycles. The first-order valence-corrected chi connectivity index (χ1v) is 13.1. The average Bonchev–Trinajstić information content (AvgIpc) is 2.83. The van der Waals surface area contributed by atoms with Crippen molar-refractivity contribution in [3.63, 3.8) is 0 Å². The van der Waals surface area contributed by atoms with E-state index in [1.54, 1.807) is 0 Å². The molecule has 0 aliphatic heterocycles. The van der Waals surface area contributed by atoms with Crippen molar-refractivity contribution in [2.45, 2.75) is 32.9 Å². The van der Waals surface area contributed by atoms with Gasteiger partial charge in [-0.15, -0.1) is 0 Å². The molecular weight excluding hydrogens is 558 g/mol. The molecule has 3 N–H and O–H groups in total. The molecule has 0 fully saturated rings.